The summed E-state index contributed by atoms with van der Waals surface area (Å²) in [5, 5.41) is 13.5. The van der Waals surface area contributed by atoms with Gasteiger partial charge in [-0.15, -0.1) is 0 Å². The van der Waals surface area contributed by atoms with Crippen LogP contribution in [0.3, 0.4) is 0 Å². The summed E-state index contributed by atoms with van der Waals surface area (Å²) in [7, 11) is -0.971. The zero-order chi connectivity index (χ0) is 16.4. The molecule has 0 saturated carbocycles. The predicted molar refractivity (Wildman–Crippen MR) is 86.5 cm³/mol. The average Bonchev–Trinajstić information content (AvgIpc) is 2.65. The topological polar surface area (TPSA) is 67.9 Å². The van der Waals surface area contributed by atoms with Crippen molar-refractivity contribution < 1.29 is 8.95 Å². The second-order valence-electron chi connectivity index (χ2n) is 5.35. The Hall–Kier alpha value is -2.13. The molecule has 0 bridgehead atoms. The van der Waals surface area contributed by atoms with E-state index in [0.29, 0.717) is 22.9 Å². The summed E-state index contributed by atoms with van der Waals surface area (Å²) in [6.07, 6.45) is 1.64. The molecule has 22 heavy (non-hydrogen) atoms. The van der Waals surface area contributed by atoms with Gasteiger partial charge in [0.1, 0.15) is 17.3 Å². The molecule has 0 fully saturated rings. The molecule has 0 aliphatic heterocycles. The molecule has 1 atom stereocenters. The quantitative estimate of drug-likeness (QED) is 0.869. The average molecular weight is 317 g/mol. The Morgan fingerprint density at radius 2 is 1.86 bits per heavy atom. The van der Waals surface area contributed by atoms with E-state index in [1.54, 1.807) is 10.9 Å². The third-order valence-corrected chi connectivity index (χ3v) is 4.07. The molecule has 0 aliphatic carbocycles. The number of nitriles is 1. The zero-order valence-electron chi connectivity index (χ0n) is 13.4. The van der Waals surface area contributed by atoms with Crippen molar-refractivity contribution in [3.05, 3.63) is 40.2 Å². The number of benzene rings is 1. The number of ether oxygens (including phenoxy) is 1. The van der Waals surface area contributed by atoms with Crippen LogP contribution in [0.4, 0.5) is 0 Å². The van der Waals surface area contributed by atoms with Crippen molar-refractivity contribution in [2.45, 2.75) is 33.6 Å². The fourth-order valence-electron chi connectivity index (χ4n) is 2.40. The summed E-state index contributed by atoms with van der Waals surface area (Å²) in [4.78, 5) is 0. The smallest absolute Gasteiger partial charge is 0.171 e. The Labute approximate surface area is 133 Å². The zero-order valence-corrected chi connectivity index (χ0v) is 14.2. The molecule has 1 aromatic heterocycles. The first-order chi connectivity index (χ1) is 10.3. The highest BCUT2D eigenvalue weighted by Crippen LogP contribution is 2.30. The summed E-state index contributed by atoms with van der Waals surface area (Å²) in [6.45, 7) is 7.54. The van der Waals surface area contributed by atoms with Crippen molar-refractivity contribution in [1.82, 2.24) is 9.78 Å². The van der Waals surface area contributed by atoms with E-state index in [1.807, 2.05) is 39.8 Å². The Morgan fingerprint density at radius 3 is 2.36 bits per heavy atom. The summed E-state index contributed by atoms with van der Waals surface area (Å²) in [5.74, 6) is 1.70. The van der Waals surface area contributed by atoms with E-state index in [2.05, 4.69) is 11.2 Å². The van der Waals surface area contributed by atoms with Crippen LogP contribution >= 0.6 is 0 Å². The van der Waals surface area contributed by atoms with Gasteiger partial charge in [-0.3, -0.25) is 8.89 Å². The molecule has 1 unspecified atom stereocenters. The maximum Gasteiger partial charge on any atom is 0.171 e. The third-order valence-electron chi connectivity index (χ3n) is 3.46. The van der Waals surface area contributed by atoms with Crippen molar-refractivity contribution in [2.75, 3.05) is 6.26 Å². The van der Waals surface area contributed by atoms with Gasteiger partial charge in [0.25, 0.3) is 0 Å². The number of rotatable bonds is 4. The van der Waals surface area contributed by atoms with E-state index in [-0.39, 0.29) is 0 Å². The van der Waals surface area contributed by atoms with E-state index < -0.39 is 10.8 Å². The maximum atomic E-state index is 11.4. The van der Waals surface area contributed by atoms with Gasteiger partial charge in [0.05, 0.1) is 17.3 Å². The fraction of sp³-hybridized carbons (Fsp3) is 0.375. The van der Waals surface area contributed by atoms with Crippen LogP contribution in [-0.4, -0.2) is 20.2 Å². The lowest BCUT2D eigenvalue weighted by Gasteiger charge is -2.10. The largest absolute Gasteiger partial charge is 0.453 e. The van der Waals surface area contributed by atoms with E-state index in [0.717, 1.165) is 22.5 Å². The molecule has 116 valence electrons. The van der Waals surface area contributed by atoms with E-state index >= 15 is 0 Å². The minimum absolute atomic E-state index is 0.349. The van der Waals surface area contributed by atoms with Crippen LogP contribution in [-0.2, 0) is 16.7 Å². The summed E-state index contributed by atoms with van der Waals surface area (Å²) < 4.78 is 19.1. The summed E-state index contributed by atoms with van der Waals surface area (Å²) >= 11 is 0. The molecule has 0 amide bonds. The Kier molecular flexibility index (Phi) is 4.67. The van der Waals surface area contributed by atoms with Gasteiger partial charge >= 0.3 is 0 Å². The van der Waals surface area contributed by atoms with Gasteiger partial charge in [-0.2, -0.15) is 10.4 Å². The van der Waals surface area contributed by atoms with Gasteiger partial charge in [0.15, 0.2) is 5.75 Å². The molecular formula is C16H19N3O2S. The summed E-state index contributed by atoms with van der Waals surface area (Å²) in [5.41, 5.74) is 4.04. The first-order valence-corrected chi connectivity index (χ1v) is 8.59. The fourth-order valence-corrected chi connectivity index (χ4v) is 3.00. The van der Waals surface area contributed by atoms with Crippen LogP contribution in [0.5, 0.6) is 11.5 Å². The lowest BCUT2D eigenvalue weighted by Crippen LogP contribution is -2.06. The lowest BCUT2D eigenvalue weighted by molar-refractivity contribution is 0.473. The van der Waals surface area contributed by atoms with Crippen molar-refractivity contribution in [1.29, 1.82) is 5.26 Å². The van der Waals surface area contributed by atoms with Gasteiger partial charge in [-0.1, -0.05) is 0 Å². The Morgan fingerprint density at radius 1 is 1.27 bits per heavy atom. The third kappa shape index (κ3) is 3.20. The molecular weight excluding hydrogens is 298 g/mol. The minimum Gasteiger partial charge on any atom is -0.453 e. The van der Waals surface area contributed by atoms with Crippen molar-refractivity contribution >= 4 is 10.8 Å². The van der Waals surface area contributed by atoms with Gasteiger partial charge < -0.3 is 4.74 Å². The van der Waals surface area contributed by atoms with Crippen LogP contribution in [0.15, 0.2) is 12.1 Å². The second kappa shape index (κ2) is 6.32. The van der Waals surface area contributed by atoms with Crippen LogP contribution in [0.1, 0.15) is 28.1 Å². The minimum atomic E-state index is -0.971. The Balaban J connectivity index is 2.38. The highest BCUT2D eigenvalue weighted by atomic mass is 32.2. The van der Waals surface area contributed by atoms with Crippen molar-refractivity contribution in [3.63, 3.8) is 0 Å². The van der Waals surface area contributed by atoms with Gasteiger partial charge in [0, 0.05) is 17.1 Å². The van der Waals surface area contributed by atoms with Crippen LogP contribution < -0.4 is 4.74 Å². The van der Waals surface area contributed by atoms with Crippen LogP contribution in [0.25, 0.3) is 0 Å². The molecule has 2 rings (SSSR count). The van der Waals surface area contributed by atoms with Gasteiger partial charge in [-0.05, 0) is 51.0 Å². The number of hydrogen-bond donors (Lipinski definition) is 0. The highest BCUT2D eigenvalue weighted by molar-refractivity contribution is 7.83. The Bertz CT molecular complexity index is 764. The molecule has 5 nitrogen and oxygen atoms in total. The van der Waals surface area contributed by atoms with Crippen molar-refractivity contribution in [3.8, 4) is 17.6 Å². The van der Waals surface area contributed by atoms with Crippen molar-refractivity contribution in [2.24, 2.45) is 0 Å². The molecule has 0 spiro atoms. The number of aryl methyl sites for hydroxylation is 3. The van der Waals surface area contributed by atoms with E-state index in [1.165, 1.54) is 0 Å². The molecule has 2 aromatic rings. The first kappa shape index (κ1) is 16.2. The SMILES string of the molecule is Cc1cc(Oc2c(C)nn(CS(C)=O)c2C)cc(C)c1C#N. The van der Waals surface area contributed by atoms with Crippen LogP contribution in [0, 0.1) is 39.0 Å². The monoisotopic (exact) mass is 317 g/mol. The molecule has 1 heterocycles. The van der Waals surface area contributed by atoms with Gasteiger partial charge in [-0.25, -0.2) is 0 Å². The second-order valence-corrected chi connectivity index (χ2v) is 6.75. The lowest BCUT2D eigenvalue weighted by atomic mass is 10.0. The molecule has 0 N–H and O–H groups in total. The van der Waals surface area contributed by atoms with E-state index in [4.69, 9.17) is 10.00 Å². The predicted octanol–water partition coefficient (Wildman–Crippen LogP) is 3.12. The number of nitrogens with zero attached hydrogens (tertiary/aromatic N) is 3. The summed E-state index contributed by atoms with van der Waals surface area (Å²) in [6, 6.07) is 5.89. The normalized spacial score (nSPS) is 12.0. The molecule has 0 aliphatic rings. The maximum absolute atomic E-state index is 11.4. The molecule has 0 radical (unpaired) electrons. The highest BCUT2D eigenvalue weighted by Gasteiger charge is 2.15. The first-order valence-electron chi connectivity index (χ1n) is 6.86. The number of aromatic nitrogens is 2. The van der Waals surface area contributed by atoms with E-state index in [9.17, 15) is 4.21 Å². The molecule has 0 saturated heterocycles. The van der Waals surface area contributed by atoms with Crippen LogP contribution in [0.2, 0.25) is 0 Å². The molecule has 6 heteroatoms. The van der Waals surface area contributed by atoms with Gasteiger partial charge in [0.2, 0.25) is 0 Å². The number of hydrogen-bond acceptors (Lipinski definition) is 4. The molecule has 1 aromatic carbocycles. The standard InChI is InChI=1S/C16H19N3O2S/c1-10-6-14(7-11(2)15(10)8-17)21-16-12(3)18-19(13(16)4)9-22(5)20/h6-7H,9H2,1-5H3.